The Kier molecular flexibility index (Phi) is 41.6. The maximum atomic E-state index is 13.2. The minimum Gasteiger partial charge on any atom is -0.394 e. The summed E-state index contributed by atoms with van der Waals surface area (Å²) in [6.07, 6.45) is 45.8. The predicted molar refractivity (Wildman–Crippen MR) is 299 cm³/mol. The quantitative estimate of drug-likeness (QED) is 0.0205. The van der Waals surface area contributed by atoms with E-state index < -0.39 is 86.8 Å². The Labute approximate surface area is 452 Å². The molecule has 2 aliphatic heterocycles. The van der Waals surface area contributed by atoms with Crippen LogP contribution in [0.4, 0.5) is 0 Å². The Morgan fingerprint density at radius 2 is 0.933 bits per heavy atom. The fourth-order valence-corrected chi connectivity index (χ4v) is 8.84. The number of carbonyl (C=O) groups is 1. The number of rotatable bonds is 44. The molecule has 2 rings (SSSR count). The first-order valence-corrected chi connectivity index (χ1v) is 29.0. The van der Waals surface area contributed by atoms with Crippen LogP contribution in [0.1, 0.15) is 187 Å². The van der Waals surface area contributed by atoms with E-state index in [1.807, 2.05) is 6.08 Å². The van der Waals surface area contributed by atoms with Crippen molar-refractivity contribution in [1.82, 2.24) is 5.32 Å². The van der Waals surface area contributed by atoms with E-state index in [1.165, 1.54) is 64.2 Å². The van der Waals surface area contributed by atoms with E-state index in [0.29, 0.717) is 12.8 Å². The Morgan fingerprint density at radius 3 is 1.47 bits per heavy atom. The third-order valence-corrected chi connectivity index (χ3v) is 13.5. The lowest BCUT2D eigenvalue weighted by Crippen LogP contribution is -2.65. The zero-order valence-electron chi connectivity index (χ0n) is 46.0. The molecule has 0 bridgehead atoms. The van der Waals surface area contributed by atoms with Crippen molar-refractivity contribution in [2.75, 3.05) is 19.8 Å². The maximum absolute atomic E-state index is 13.2. The second kappa shape index (κ2) is 45.9. The summed E-state index contributed by atoms with van der Waals surface area (Å²) in [4.78, 5) is 13.2. The molecule has 430 valence electrons. The average Bonchev–Trinajstić information content (AvgIpc) is 3.41. The molecule has 0 saturated carbocycles. The molecular formula is C61H103NO13. The first kappa shape index (κ1) is 68.0. The molecule has 0 radical (unpaired) electrons. The highest BCUT2D eigenvalue weighted by Crippen LogP contribution is 2.30. The molecule has 2 heterocycles. The third-order valence-electron chi connectivity index (χ3n) is 13.5. The molecule has 2 saturated heterocycles. The SMILES string of the molecule is CC/C=C\C/C=C\C/C=C\C/C=C\C/C=C\C/C=C\CCCCCCCCC(=O)NC(COC1OC(CO)C(OC2OC(CO)C(O)C(O)C2O)C(O)C1O)C(O)/C=C/CC/C=C/CCCCCCCCCCCC. The number of aliphatic hydroxyl groups excluding tert-OH is 8. The highest BCUT2D eigenvalue weighted by Gasteiger charge is 2.51. The molecule has 0 aliphatic carbocycles. The number of aliphatic hydroxyl groups is 8. The van der Waals surface area contributed by atoms with Gasteiger partial charge in [0.1, 0.15) is 48.8 Å². The van der Waals surface area contributed by atoms with E-state index >= 15 is 0 Å². The molecule has 0 aromatic heterocycles. The molecule has 2 fully saturated rings. The third kappa shape index (κ3) is 31.8. The molecule has 9 N–H and O–H groups in total. The van der Waals surface area contributed by atoms with Gasteiger partial charge in [-0.2, -0.15) is 0 Å². The summed E-state index contributed by atoms with van der Waals surface area (Å²) < 4.78 is 22.7. The summed E-state index contributed by atoms with van der Waals surface area (Å²) >= 11 is 0. The molecule has 12 unspecified atom stereocenters. The van der Waals surface area contributed by atoms with Crippen molar-refractivity contribution in [3.05, 3.63) is 97.2 Å². The van der Waals surface area contributed by atoms with Crippen LogP contribution >= 0.6 is 0 Å². The lowest BCUT2D eigenvalue weighted by Gasteiger charge is -2.46. The molecule has 14 heteroatoms. The number of unbranched alkanes of at least 4 members (excludes halogenated alkanes) is 17. The van der Waals surface area contributed by atoms with Gasteiger partial charge >= 0.3 is 0 Å². The van der Waals surface area contributed by atoms with E-state index in [-0.39, 0.29) is 18.9 Å². The second-order valence-electron chi connectivity index (χ2n) is 20.0. The van der Waals surface area contributed by atoms with Crippen LogP contribution < -0.4 is 5.32 Å². The number of amides is 1. The van der Waals surface area contributed by atoms with Crippen LogP contribution in [-0.4, -0.2) is 140 Å². The molecule has 14 nitrogen and oxygen atoms in total. The fraction of sp³-hybridized carbons (Fsp3) is 0.721. The lowest BCUT2D eigenvalue weighted by molar-refractivity contribution is -0.359. The van der Waals surface area contributed by atoms with E-state index in [2.05, 4.69) is 104 Å². The van der Waals surface area contributed by atoms with Crippen LogP contribution in [-0.2, 0) is 23.7 Å². The summed E-state index contributed by atoms with van der Waals surface area (Å²) in [6.45, 7) is 2.63. The largest absolute Gasteiger partial charge is 0.394 e. The van der Waals surface area contributed by atoms with E-state index in [0.717, 1.165) is 89.9 Å². The molecule has 12 atom stereocenters. The van der Waals surface area contributed by atoms with Crippen molar-refractivity contribution in [2.24, 2.45) is 0 Å². The lowest BCUT2D eigenvalue weighted by atomic mass is 9.97. The Morgan fingerprint density at radius 1 is 0.493 bits per heavy atom. The summed E-state index contributed by atoms with van der Waals surface area (Å²) in [5, 5.41) is 87.0. The van der Waals surface area contributed by atoms with Gasteiger partial charge in [-0.15, -0.1) is 0 Å². The van der Waals surface area contributed by atoms with Gasteiger partial charge in [0.2, 0.25) is 5.91 Å². The number of hydrogen-bond acceptors (Lipinski definition) is 13. The number of hydrogen-bond donors (Lipinski definition) is 9. The first-order valence-electron chi connectivity index (χ1n) is 29.0. The van der Waals surface area contributed by atoms with Gasteiger partial charge in [0.05, 0.1) is 32.0 Å². The Balaban J connectivity index is 1.80. The number of allylic oxidation sites excluding steroid dienone is 15. The second-order valence-corrected chi connectivity index (χ2v) is 20.0. The summed E-state index contributed by atoms with van der Waals surface area (Å²) in [5.74, 6) is -0.269. The van der Waals surface area contributed by atoms with Gasteiger partial charge in [-0.3, -0.25) is 4.79 Å². The van der Waals surface area contributed by atoms with E-state index in [4.69, 9.17) is 18.9 Å². The van der Waals surface area contributed by atoms with E-state index in [1.54, 1.807) is 6.08 Å². The smallest absolute Gasteiger partial charge is 0.220 e. The van der Waals surface area contributed by atoms with Crippen LogP contribution in [0.5, 0.6) is 0 Å². The van der Waals surface area contributed by atoms with Crippen molar-refractivity contribution < 1.29 is 64.6 Å². The molecule has 0 spiro atoms. The number of nitrogens with one attached hydrogen (secondary N) is 1. The number of carbonyl (C=O) groups excluding carboxylic acids is 1. The summed E-state index contributed by atoms with van der Waals surface area (Å²) in [7, 11) is 0. The van der Waals surface area contributed by atoms with Crippen molar-refractivity contribution in [2.45, 2.75) is 261 Å². The molecule has 0 aromatic carbocycles. The molecule has 0 aromatic rings. The highest BCUT2D eigenvalue weighted by atomic mass is 16.7. The van der Waals surface area contributed by atoms with Gasteiger partial charge in [0.25, 0.3) is 0 Å². The predicted octanol–water partition coefficient (Wildman–Crippen LogP) is 9.49. The van der Waals surface area contributed by atoms with E-state index in [9.17, 15) is 45.6 Å². The minimum absolute atomic E-state index is 0.250. The Bertz CT molecular complexity index is 1620. The standard InChI is InChI=1S/C61H103NO13/c1-3-5-7-9-11-13-15-17-19-21-22-23-24-25-26-27-28-29-31-33-35-37-39-41-43-45-53(66)62-49(50(65)44-42-40-38-36-34-32-30-20-18-16-14-12-10-8-6-4-2)48-72-60-58(71)56(69)59(52(47-64)74-60)75-61-57(70)55(68)54(67)51(46-63)73-61/h5,7,11,13,17,19,22-23,25-26,28-29,34,36,42,44,49-52,54-61,63-65,67-71H,3-4,6,8-10,12,14-16,18,20-21,24,27,30-33,35,37-41,43,45-48H2,1-2H3,(H,62,66)/b7-5-,13-11-,19-17-,23-22-,26-25-,29-28-,36-34+,44-42+. The summed E-state index contributed by atoms with van der Waals surface area (Å²) in [5.41, 5.74) is 0. The van der Waals surface area contributed by atoms with Gasteiger partial charge < -0.3 is 65.1 Å². The minimum atomic E-state index is -1.80. The molecular weight excluding hydrogens is 955 g/mol. The van der Waals surface area contributed by atoms with Crippen LogP contribution in [0.3, 0.4) is 0 Å². The molecule has 1 amide bonds. The Hall–Kier alpha value is -3.09. The van der Waals surface area contributed by atoms with Crippen molar-refractivity contribution >= 4 is 5.91 Å². The fourth-order valence-electron chi connectivity index (χ4n) is 8.84. The first-order chi connectivity index (χ1) is 36.6. The highest BCUT2D eigenvalue weighted by molar-refractivity contribution is 5.76. The van der Waals surface area contributed by atoms with Gasteiger partial charge in [0.15, 0.2) is 12.6 Å². The molecule has 2 aliphatic rings. The average molecular weight is 1060 g/mol. The zero-order chi connectivity index (χ0) is 54.6. The number of ether oxygens (including phenoxy) is 4. The van der Waals surface area contributed by atoms with Crippen molar-refractivity contribution in [1.29, 1.82) is 0 Å². The van der Waals surface area contributed by atoms with Gasteiger partial charge in [-0.1, -0.05) is 195 Å². The van der Waals surface area contributed by atoms with Crippen LogP contribution in [0.15, 0.2) is 97.2 Å². The van der Waals surface area contributed by atoms with Crippen molar-refractivity contribution in [3.8, 4) is 0 Å². The summed E-state index contributed by atoms with van der Waals surface area (Å²) in [6, 6.07) is -0.946. The maximum Gasteiger partial charge on any atom is 0.220 e. The van der Waals surface area contributed by atoms with Crippen LogP contribution in [0.25, 0.3) is 0 Å². The van der Waals surface area contributed by atoms with Crippen molar-refractivity contribution in [3.63, 3.8) is 0 Å². The van der Waals surface area contributed by atoms with Gasteiger partial charge in [-0.05, 0) is 83.5 Å². The van der Waals surface area contributed by atoms with Crippen LogP contribution in [0, 0.1) is 0 Å². The van der Waals surface area contributed by atoms with Gasteiger partial charge in [-0.25, -0.2) is 0 Å². The van der Waals surface area contributed by atoms with Gasteiger partial charge in [0, 0.05) is 6.42 Å². The zero-order valence-corrected chi connectivity index (χ0v) is 46.0. The normalized spacial score (nSPS) is 25.8. The topological polar surface area (TPSA) is 228 Å². The monoisotopic (exact) mass is 1060 g/mol. The molecule has 75 heavy (non-hydrogen) atoms. The van der Waals surface area contributed by atoms with Crippen LogP contribution in [0.2, 0.25) is 0 Å².